The minimum Gasteiger partial charge on any atom is -0.352 e. The maximum Gasteiger partial charge on any atom is 0.251 e. The second-order valence-electron chi connectivity index (χ2n) is 7.23. The topological polar surface area (TPSA) is 49.4 Å². The van der Waals surface area contributed by atoms with Gasteiger partial charge in [-0.3, -0.25) is 9.59 Å². The predicted octanol–water partition coefficient (Wildman–Crippen LogP) is 4.92. The summed E-state index contributed by atoms with van der Waals surface area (Å²) in [6, 6.07) is 22.9. The van der Waals surface area contributed by atoms with Crippen molar-refractivity contribution >= 4 is 23.6 Å². The lowest BCUT2D eigenvalue weighted by molar-refractivity contribution is -0.120. The van der Waals surface area contributed by atoms with Crippen LogP contribution in [0.2, 0.25) is 0 Å². The number of carbonyl (C=O) groups is 2. The fourth-order valence-electron chi connectivity index (χ4n) is 3.16. The highest BCUT2D eigenvalue weighted by atomic mass is 19.1. The van der Waals surface area contributed by atoms with Crippen LogP contribution in [-0.2, 0) is 22.6 Å². The fourth-order valence-corrected chi connectivity index (χ4v) is 3.16. The molecule has 0 unspecified atom stereocenters. The Morgan fingerprint density at radius 2 is 1.69 bits per heavy atom. The zero-order valence-electron chi connectivity index (χ0n) is 17.7. The fraction of sp³-hybridized carbons (Fsp3) is 0.111. The van der Waals surface area contributed by atoms with Gasteiger partial charge in [-0.25, -0.2) is 4.39 Å². The zero-order chi connectivity index (χ0) is 22.8. The van der Waals surface area contributed by atoms with Gasteiger partial charge in [0.2, 0.25) is 5.91 Å². The first-order valence-electron chi connectivity index (χ1n) is 10.3. The molecule has 162 valence electrons. The first kappa shape index (κ1) is 22.7. The van der Waals surface area contributed by atoms with E-state index in [2.05, 4.69) is 11.9 Å². The van der Waals surface area contributed by atoms with Crippen LogP contribution >= 0.6 is 0 Å². The van der Waals surface area contributed by atoms with E-state index in [1.807, 2.05) is 42.5 Å². The minimum absolute atomic E-state index is 0.101. The van der Waals surface area contributed by atoms with Crippen molar-refractivity contribution in [1.29, 1.82) is 0 Å². The summed E-state index contributed by atoms with van der Waals surface area (Å²) in [5, 5.41) is 2.74. The van der Waals surface area contributed by atoms with Crippen molar-refractivity contribution < 1.29 is 14.0 Å². The van der Waals surface area contributed by atoms with E-state index in [4.69, 9.17) is 0 Å². The summed E-state index contributed by atoms with van der Waals surface area (Å²) in [6.07, 6.45) is 5.12. The lowest BCUT2D eigenvalue weighted by Crippen LogP contribution is -2.29. The average Bonchev–Trinajstić information content (AvgIpc) is 2.81. The van der Waals surface area contributed by atoms with Crippen molar-refractivity contribution in [2.45, 2.75) is 13.0 Å². The van der Waals surface area contributed by atoms with E-state index in [-0.39, 0.29) is 30.6 Å². The van der Waals surface area contributed by atoms with E-state index < -0.39 is 0 Å². The molecule has 0 aromatic heterocycles. The number of halogens is 1. The molecule has 3 aromatic rings. The number of amides is 2. The highest BCUT2D eigenvalue weighted by Gasteiger charge is 2.15. The summed E-state index contributed by atoms with van der Waals surface area (Å²) in [5.41, 5.74) is 3.08. The Labute approximate surface area is 187 Å². The van der Waals surface area contributed by atoms with Gasteiger partial charge in [0.15, 0.2) is 0 Å². The zero-order valence-corrected chi connectivity index (χ0v) is 17.7. The van der Waals surface area contributed by atoms with E-state index in [0.29, 0.717) is 17.8 Å². The molecule has 5 heteroatoms. The molecule has 3 aromatic carbocycles. The normalized spacial score (nSPS) is 10.7. The number of benzene rings is 3. The molecule has 4 nitrogen and oxygen atoms in total. The highest BCUT2D eigenvalue weighted by molar-refractivity contribution is 6.03. The number of nitrogens with one attached hydrogen (secondary N) is 1. The molecule has 0 bridgehead atoms. The van der Waals surface area contributed by atoms with Crippen molar-refractivity contribution in [2.24, 2.45) is 0 Å². The molecule has 32 heavy (non-hydrogen) atoms. The van der Waals surface area contributed by atoms with Gasteiger partial charge in [0, 0.05) is 18.3 Å². The van der Waals surface area contributed by atoms with Crippen molar-refractivity contribution in [3.8, 4) is 0 Å². The molecule has 0 radical (unpaired) electrons. The molecule has 0 aliphatic carbocycles. The van der Waals surface area contributed by atoms with Gasteiger partial charge in [-0.15, -0.1) is 6.58 Å². The summed E-state index contributed by atoms with van der Waals surface area (Å²) in [6.45, 7) is 4.21. The van der Waals surface area contributed by atoms with Crippen molar-refractivity contribution in [2.75, 3.05) is 11.4 Å². The average molecular weight is 429 g/mol. The second kappa shape index (κ2) is 11.4. The van der Waals surface area contributed by atoms with Gasteiger partial charge in [0.25, 0.3) is 5.91 Å². The number of nitrogens with zero attached hydrogens (tertiary/aromatic N) is 1. The number of hydrogen-bond acceptors (Lipinski definition) is 2. The molecule has 0 saturated carbocycles. The third-order valence-electron chi connectivity index (χ3n) is 4.77. The second-order valence-corrected chi connectivity index (χ2v) is 7.23. The summed E-state index contributed by atoms with van der Waals surface area (Å²) in [5.74, 6) is -0.679. The number of anilines is 1. The molecule has 1 N–H and O–H groups in total. The molecule has 0 aliphatic heterocycles. The van der Waals surface area contributed by atoms with Crippen LogP contribution in [0.15, 0.2) is 97.6 Å². The van der Waals surface area contributed by atoms with Crippen molar-refractivity contribution in [1.82, 2.24) is 5.32 Å². The van der Waals surface area contributed by atoms with Crippen LogP contribution in [0.5, 0.6) is 0 Å². The van der Waals surface area contributed by atoms with E-state index in [1.54, 1.807) is 41.3 Å². The first-order chi connectivity index (χ1) is 15.5. The number of carbonyl (C=O) groups excluding carboxylic acids is 2. The summed E-state index contributed by atoms with van der Waals surface area (Å²) in [4.78, 5) is 26.6. The van der Waals surface area contributed by atoms with Crippen molar-refractivity contribution in [3.63, 3.8) is 0 Å². The Kier molecular flexibility index (Phi) is 8.09. The van der Waals surface area contributed by atoms with Crippen LogP contribution in [0.4, 0.5) is 10.1 Å². The molecular formula is C27H25FN2O2. The van der Waals surface area contributed by atoms with E-state index >= 15 is 0 Å². The Bertz CT molecular complexity index is 1090. The van der Waals surface area contributed by atoms with Gasteiger partial charge in [-0.05, 0) is 47.0 Å². The third kappa shape index (κ3) is 6.77. The molecular weight excluding hydrogens is 403 g/mol. The molecule has 0 heterocycles. The van der Waals surface area contributed by atoms with Gasteiger partial charge in [-0.2, -0.15) is 0 Å². The van der Waals surface area contributed by atoms with Gasteiger partial charge in [0.1, 0.15) is 5.82 Å². The molecule has 3 rings (SSSR count). The quantitative estimate of drug-likeness (QED) is 0.389. The summed E-state index contributed by atoms with van der Waals surface area (Å²) >= 11 is 0. The van der Waals surface area contributed by atoms with Crippen LogP contribution in [0, 0.1) is 5.82 Å². The van der Waals surface area contributed by atoms with Crippen LogP contribution in [-0.4, -0.2) is 18.4 Å². The van der Waals surface area contributed by atoms with E-state index in [1.165, 1.54) is 18.2 Å². The number of rotatable bonds is 9. The number of hydrogen-bond donors (Lipinski definition) is 1. The van der Waals surface area contributed by atoms with Crippen LogP contribution < -0.4 is 10.2 Å². The molecule has 0 spiro atoms. The van der Waals surface area contributed by atoms with E-state index in [0.717, 1.165) is 11.1 Å². The standard InChI is InChI=1S/C27H25FN2O2/c1-2-17-29-26(31)19-22-11-14-25(15-12-22)30(20-23-9-6-10-24(28)18-23)27(32)16-13-21-7-4-3-5-8-21/h2-16,18H,1,17,19-20H2,(H,29,31)/b16-13+. The molecule has 0 aliphatic rings. The van der Waals surface area contributed by atoms with Crippen LogP contribution in [0.1, 0.15) is 16.7 Å². The molecule has 0 fully saturated rings. The Hall–Kier alpha value is -3.99. The van der Waals surface area contributed by atoms with Crippen LogP contribution in [0.25, 0.3) is 6.08 Å². The largest absolute Gasteiger partial charge is 0.352 e. The summed E-state index contributed by atoms with van der Waals surface area (Å²) in [7, 11) is 0. The minimum atomic E-state index is -0.351. The third-order valence-corrected chi connectivity index (χ3v) is 4.77. The van der Waals surface area contributed by atoms with Gasteiger partial charge in [0.05, 0.1) is 13.0 Å². The Morgan fingerprint density at radius 3 is 2.38 bits per heavy atom. The van der Waals surface area contributed by atoms with Gasteiger partial charge in [-0.1, -0.05) is 60.7 Å². The predicted molar refractivity (Wildman–Crippen MR) is 126 cm³/mol. The molecule has 0 atom stereocenters. The van der Waals surface area contributed by atoms with E-state index in [9.17, 15) is 14.0 Å². The Balaban J connectivity index is 1.81. The highest BCUT2D eigenvalue weighted by Crippen LogP contribution is 2.20. The lowest BCUT2D eigenvalue weighted by Gasteiger charge is -2.22. The van der Waals surface area contributed by atoms with Gasteiger partial charge < -0.3 is 10.2 Å². The smallest absolute Gasteiger partial charge is 0.251 e. The lowest BCUT2D eigenvalue weighted by atomic mass is 10.1. The van der Waals surface area contributed by atoms with Crippen molar-refractivity contribution in [3.05, 3.63) is 120 Å². The maximum atomic E-state index is 13.7. The first-order valence-corrected chi connectivity index (χ1v) is 10.3. The maximum absolute atomic E-state index is 13.7. The van der Waals surface area contributed by atoms with Gasteiger partial charge >= 0.3 is 0 Å². The SMILES string of the molecule is C=CCNC(=O)Cc1ccc(N(Cc2cccc(F)c2)C(=O)/C=C/c2ccccc2)cc1. The summed E-state index contributed by atoms with van der Waals surface area (Å²) < 4.78 is 13.7. The Morgan fingerprint density at radius 1 is 0.938 bits per heavy atom. The monoisotopic (exact) mass is 428 g/mol. The molecule has 2 amide bonds. The molecule has 0 saturated heterocycles. The van der Waals surface area contributed by atoms with Crippen LogP contribution in [0.3, 0.4) is 0 Å².